The Hall–Kier alpha value is -1.55. The van der Waals surface area contributed by atoms with Crippen LogP contribution in [0.25, 0.3) is 0 Å². The lowest BCUT2D eigenvalue weighted by Gasteiger charge is -2.19. The third-order valence-electron chi connectivity index (χ3n) is 2.55. The van der Waals surface area contributed by atoms with Crippen molar-refractivity contribution in [2.75, 3.05) is 25.7 Å². The molecule has 1 N–H and O–H groups in total. The summed E-state index contributed by atoms with van der Waals surface area (Å²) in [6.45, 7) is 3.36. The minimum atomic E-state index is -0.485. The van der Waals surface area contributed by atoms with Crippen LogP contribution < -0.4 is 9.64 Å². The van der Waals surface area contributed by atoms with Gasteiger partial charge in [0.2, 0.25) is 0 Å². The number of likely N-dealkylation sites (N-methyl/N-ethyl adjacent to an activating group) is 1. The third kappa shape index (κ3) is 2.33. The number of aryl methyl sites for hydroxylation is 2. The topological polar surface area (TPSA) is 49.8 Å². The van der Waals surface area contributed by atoms with Gasteiger partial charge >= 0.3 is 0 Å². The van der Waals surface area contributed by atoms with Crippen molar-refractivity contribution >= 4 is 11.6 Å². The van der Waals surface area contributed by atoms with Gasteiger partial charge in [-0.3, -0.25) is 4.79 Å². The molecule has 1 aromatic rings. The summed E-state index contributed by atoms with van der Waals surface area (Å²) in [6, 6.07) is 3.72. The van der Waals surface area contributed by atoms with Crippen molar-refractivity contribution < 1.29 is 14.6 Å². The highest BCUT2D eigenvalue weighted by Gasteiger charge is 2.12. The second-order valence-corrected chi connectivity index (χ2v) is 3.72. The maximum absolute atomic E-state index is 11.3. The van der Waals surface area contributed by atoms with Crippen molar-refractivity contribution in [2.45, 2.75) is 13.8 Å². The standard InChI is InChI=1S/C12H17NO3/c1-8-5-10(13(3)11(15)7-14)6-9(2)12(8)16-4/h5-6,14H,7H2,1-4H3. The molecule has 0 bridgehead atoms. The molecule has 0 radical (unpaired) electrons. The molecule has 1 aromatic carbocycles. The largest absolute Gasteiger partial charge is 0.496 e. The van der Waals surface area contributed by atoms with Gasteiger partial charge < -0.3 is 14.7 Å². The van der Waals surface area contributed by atoms with Gasteiger partial charge in [-0.15, -0.1) is 0 Å². The van der Waals surface area contributed by atoms with Gasteiger partial charge in [0, 0.05) is 12.7 Å². The molecule has 0 saturated carbocycles. The minimum Gasteiger partial charge on any atom is -0.496 e. The first kappa shape index (κ1) is 12.5. The molecule has 0 spiro atoms. The summed E-state index contributed by atoms with van der Waals surface area (Å²) in [5.74, 6) is 0.498. The van der Waals surface area contributed by atoms with Crippen LogP contribution in [-0.2, 0) is 4.79 Å². The predicted molar refractivity (Wildman–Crippen MR) is 63.0 cm³/mol. The summed E-state index contributed by atoms with van der Waals surface area (Å²) in [5.41, 5.74) is 2.69. The number of amides is 1. The van der Waals surface area contributed by atoms with E-state index >= 15 is 0 Å². The molecule has 0 saturated heterocycles. The lowest BCUT2D eigenvalue weighted by atomic mass is 10.1. The van der Waals surface area contributed by atoms with E-state index in [-0.39, 0.29) is 5.91 Å². The fraction of sp³-hybridized carbons (Fsp3) is 0.417. The average molecular weight is 223 g/mol. The van der Waals surface area contributed by atoms with E-state index in [1.54, 1.807) is 14.2 Å². The SMILES string of the molecule is COc1c(C)cc(N(C)C(=O)CO)cc1C. The molecular formula is C12H17NO3. The van der Waals surface area contributed by atoms with Gasteiger partial charge in [0.1, 0.15) is 12.4 Å². The van der Waals surface area contributed by atoms with Crippen molar-refractivity contribution in [2.24, 2.45) is 0 Å². The van der Waals surface area contributed by atoms with Crippen LogP contribution in [0, 0.1) is 13.8 Å². The fourth-order valence-electron chi connectivity index (χ4n) is 1.69. The number of hydrogen-bond acceptors (Lipinski definition) is 3. The number of carbonyl (C=O) groups excluding carboxylic acids is 1. The Morgan fingerprint density at radius 3 is 2.25 bits per heavy atom. The second-order valence-electron chi connectivity index (χ2n) is 3.72. The van der Waals surface area contributed by atoms with E-state index in [9.17, 15) is 4.79 Å². The van der Waals surface area contributed by atoms with E-state index in [0.29, 0.717) is 0 Å². The van der Waals surface area contributed by atoms with E-state index in [2.05, 4.69) is 0 Å². The van der Waals surface area contributed by atoms with Crippen LogP contribution in [-0.4, -0.2) is 31.8 Å². The lowest BCUT2D eigenvalue weighted by molar-refractivity contribution is -0.120. The fourth-order valence-corrected chi connectivity index (χ4v) is 1.69. The Labute approximate surface area is 95.5 Å². The molecule has 0 aliphatic rings. The Balaban J connectivity index is 3.13. The molecule has 0 heterocycles. The summed E-state index contributed by atoms with van der Waals surface area (Å²) < 4.78 is 5.24. The van der Waals surface area contributed by atoms with Gasteiger partial charge in [-0.2, -0.15) is 0 Å². The average Bonchev–Trinajstić information content (AvgIpc) is 2.26. The van der Waals surface area contributed by atoms with Crippen molar-refractivity contribution in [1.29, 1.82) is 0 Å². The summed E-state index contributed by atoms with van der Waals surface area (Å²) in [5, 5.41) is 8.79. The summed E-state index contributed by atoms with van der Waals surface area (Å²) >= 11 is 0. The Kier molecular flexibility index (Phi) is 3.90. The normalized spacial score (nSPS) is 10.1. The van der Waals surface area contributed by atoms with Crippen LogP contribution in [0.3, 0.4) is 0 Å². The number of aliphatic hydroxyl groups is 1. The van der Waals surface area contributed by atoms with Crippen LogP contribution in [0.5, 0.6) is 5.75 Å². The molecule has 16 heavy (non-hydrogen) atoms. The smallest absolute Gasteiger partial charge is 0.252 e. The Morgan fingerprint density at radius 2 is 1.88 bits per heavy atom. The van der Waals surface area contributed by atoms with Crippen molar-refractivity contribution in [3.63, 3.8) is 0 Å². The first-order valence-electron chi connectivity index (χ1n) is 5.04. The highest BCUT2D eigenvalue weighted by atomic mass is 16.5. The quantitative estimate of drug-likeness (QED) is 0.839. The maximum atomic E-state index is 11.3. The van der Waals surface area contributed by atoms with Gasteiger partial charge in [0.15, 0.2) is 0 Å². The molecule has 0 aliphatic carbocycles. The van der Waals surface area contributed by atoms with Gasteiger partial charge in [-0.05, 0) is 37.1 Å². The van der Waals surface area contributed by atoms with Gasteiger partial charge in [-0.1, -0.05) is 0 Å². The van der Waals surface area contributed by atoms with E-state index in [4.69, 9.17) is 9.84 Å². The highest BCUT2D eigenvalue weighted by Crippen LogP contribution is 2.28. The molecule has 4 heteroatoms. The number of rotatable bonds is 3. The molecule has 0 fully saturated rings. The summed E-state index contributed by atoms with van der Waals surface area (Å²) in [6.07, 6.45) is 0. The molecular weight excluding hydrogens is 206 g/mol. The predicted octanol–water partition coefficient (Wildman–Crippen LogP) is 1.27. The molecule has 0 aromatic heterocycles. The van der Waals surface area contributed by atoms with Gasteiger partial charge in [0.25, 0.3) is 5.91 Å². The van der Waals surface area contributed by atoms with Crippen LogP contribution in [0.1, 0.15) is 11.1 Å². The zero-order chi connectivity index (χ0) is 12.3. The molecule has 4 nitrogen and oxygen atoms in total. The number of carbonyl (C=O) groups is 1. The van der Waals surface area contributed by atoms with E-state index in [1.807, 2.05) is 26.0 Å². The second kappa shape index (κ2) is 4.99. The number of methoxy groups -OCH3 is 1. The highest BCUT2D eigenvalue weighted by molar-refractivity contribution is 5.93. The Morgan fingerprint density at radius 1 is 1.38 bits per heavy atom. The summed E-state index contributed by atoms with van der Waals surface area (Å²) in [4.78, 5) is 12.8. The van der Waals surface area contributed by atoms with E-state index < -0.39 is 6.61 Å². The molecule has 88 valence electrons. The number of ether oxygens (including phenoxy) is 1. The number of nitrogens with zero attached hydrogens (tertiary/aromatic N) is 1. The van der Waals surface area contributed by atoms with Crippen LogP contribution in [0.2, 0.25) is 0 Å². The van der Waals surface area contributed by atoms with Crippen LogP contribution in [0.15, 0.2) is 12.1 Å². The zero-order valence-corrected chi connectivity index (χ0v) is 10.1. The van der Waals surface area contributed by atoms with Gasteiger partial charge in [0.05, 0.1) is 7.11 Å². The molecule has 0 aliphatic heterocycles. The molecule has 1 amide bonds. The number of hydrogen-bond donors (Lipinski definition) is 1. The van der Waals surface area contributed by atoms with E-state index in [1.165, 1.54) is 4.90 Å². The van der Waals surface area contributed by atoms with E-state index in [0.717, 1.165) is 22.6 Å². The first-order chi connectivity index (χ1) is 7.51. The minimum absolute atomic E-state index is 0.330. The monoisotopic (exact) mass is 223 g/mol. The van der Waals surface area contributed by atoms with Crippen LogP contribution >= 0.6 is 0 Å². The zero-order valence-electron chi connectivity index (χ0n) is 10.1. The molecule has 0 unspecified atom stereocenters. The Bertz CT molecular complexity index is 378. The maximum Gasteiger partial charge on any atom is 0.252 e. The molecule has 0 atom stereocenters. The summed E-state index contributed by atoms with van der Waals surface area (Å²) in [7, 11) is 3.26. The number of aliphatic hydroxyl groups excluding tert-OH is 1. The van der Waals surface area contributed by atoms with Crippen molar-refractivity contribution in [1.82, 2.24) is 0 Å². The molecule has 1 rings (SSSR count). The third-order valence-corrected chi connectivity index (χ3v) is 2.55. The van der Waals surface area contributed by atoms with Gasteiger partial charge in [-0.25, -0.2) is 0 Å². The van der Waals surface area contributed by atoms with Crippen molar-refractivity contribution in [3.8, 4) is 5.75 Å². The van der Waals surface area contributed by atoms with Crippen molar-refractivity contribution in [3.05, 3.63) is 23.3 Å². The lowest BCUT2D eigenvalue weighted by Crippen LogP contribution is -2.28. The van der Waals surface area contributed by atoms with Crippen LogP contribution in [0.4, 0.5) is 5.69 Å². The first-order valence-corrected chi connectivity index (χ1v) is 5.04. The number of anilines is 1. The number of benzene rings is 1.